The van der Waals surface area contributed by atoms with Crippen LogP contribution in [-0.4, -0.2) is 24.5 Å². The molecule has 2 rings (SSSR count). The smallest absolute Gasteiger partial charge is 0.328 e. The summed E-state index contributed by atoms with van der Waals surface area (Å²) in [4.78, 5) is 23.2. The maximum absolute atomic E-state index is 11.7. The molecule has 1 saturated carbocycles. The van der Waals surface area contributed by atoms with Crippen molar-refractivity contribution in [3.05, 3.63) is 0 Å². The van der Waals surface area contributed by atoms with E-state index in [-0.39, 0.29) is 17.8 Å². The van der Waals surface area contributed by atoms with Gasteiger partial charge in [0, 0.05) is 5.92 Å². The summed E-state index contributed by atoms with van der Waals surface area (Å²) in [6.07, 6.45) is 3.92. The molecule has 1 N–H and O–H groups in total. The number of nitrogens with one attached hydrogen (secondary N) is 1. The van der Waals surface area contributed by atoms with Gasteiger partial charge in [0.25, 0.3) is 0 Å². The van der Waals surface area contributed by atoms with Crippen LogP contribution in [0.3, 0.4) is 0 Å². The Bertz CT molecular complexity index is 277. The summed E-state index contributed by atoms with van der Waals surface area (Å²) < 4.78 is 4.92. The highest BCUT2D eigenvalue weighted by Gasteiger charge is 2.41. The fourth-order valence-corrected chi connectivity index (χ4v) is 2.70. The van der Waals surface area contributed by atoms with Crippen molar-refractivity contribution in [1.29, 1.82) is 0 Å². The first-order chi connectivity index (χ1) is 7.22. The highest BCUT2D eigenvalue weighted by molar-refractivity contribution is 5.87. The predicted molar refractivity (Wildman–Crippen MR) is 54.0 cm³/mol. The van der Waals surface area contributed by atoms with Crippen molar-refractivity contribution in [3.8, 4) is 0 Å². The number of carbonyl (C=O) groups is 2. The molecule has 1 amide bonds. The summed E-state index contributed by atoms with van der Waals surface area (Å²) in [5.74, 6) is 0.307. The number of piperidine rings is 1. The van der Waals surface area contributed by atoms with Crippen molar-refractivity contribution in [1.82, 2.24) is 5.32 Å². The summed E-state index contributed by atoms with van der Waals surface area (Å²) >= 11 is 0. The van der Waals surface area contributed by atoms with Crippen LogP contribution in [0.2, 0.25) is 0 Å². The second-order valence-electron chi connectivity index (χ2n) is 4.35. The Morgan fingerprint density at radius 3 is 3.07 bits per heavy atom. The predicted octanol–water partition coefficient (Wildman–Crippen LogP) is 0.854. The van der Waals surface area contributed by atoms with Gasteiger partial charge in [-0.15, -0.1) is 0 Å². The van der Waals surface area contributed by atoms with Gasteiger partial charge in [-0.2, -0.15) is 0 Å². The van der Waals surface area contributed by atoms with E-state index in [4.69, 9.17) is 4.74 Å². The number of esters is 1. The van der Waals surface area contributed by atoms with E-state index in [2.05, 4.69) is 5.32 Å². The van der Waals surface area contributed by atoms with Gasteiger partial charge in [0.05, 0.1) is 6.61 Å². The standard InChI is InChI=1S/C11H17NO3/c1-2-15-11(14)9-6-7-4-3-5-8(7)10(13)12-9/h7-9H,2-6H2,1H3,(H,12,13)/t7-,8-,9-/m0/s1. The Morgan fingerprint density at radius 2 is 2.33 bits per heavy atom. The quantitative estimate of drug-likeness (QED) is 0.689. The van der Waals surface area contributed by atoms with Gasteiger partial charge < -0.3 is 10.1 Å². The zero-order valence-electron chi connectivity index (χ0n) is 8.99. The number of hydrogen-bond acceptors (Lipinski definition) is 3. The van der Waals surface area contributed by atoms with Gasteiger partial charge >= 0.3 is 5.97 Å². The molecule has 2 fully saturated rings. The van der Waals surface area contributed by atoms with Crippen LogP contribution in [0.4, 0.5) is 0 Å². The molecule has 0 spiro atoms. The van der Waals surface area contributed by atoms with E-state index in [0.717, 1.165) is 25.7 Å². The second-order valence-corrected chi connectivity index (χ2v) is 4.35. The number of fused-ring (bicyclic) bond motifs is 1. The lowest BCUT2D eigenvalue weighted by Crippen LogP contribution is -2.51. The fourth-order valence-electron chi connectivity index (χ4n) is 2.70. The van der Waals surface area contributed by atoms with Gasteiger partial charge in [-0.25, -0.2) is 4.79 Å². The third kappa shape index (κ3) is 1.98. The first-order valence-electron chi connectivity index (χ1n) is 5.69. The lowest BCUT2D eigenvalue weighted by molar-refractivity contribution is -0.150. The Kier molecular flexibility index (Phi) is 2.93. The minimum atomic E-state index is -0.406. The average Bonchev–Trinajstić information content (AvgIpc) is 2.66. The minimum Gasteiger partial charge on any atom is -0.464 e. The molecular weight excluding hydrogens is 194 g/mol. The van der Waals surface area contributed by atoms with Crippen molar-refractivity contribution in [2.45, 2.75) is 38.6 Å². The molecule has 4 heteroatoms. The van der Waals surface area contributed by atoms with E-state index in [0.29, 0.717) is 12.5 Å². The van der Waals surface area contributed by atoms with Gasteiger partial charge in [-0.05, 0) is 32.1 Å². The maximum atomic E-state index is 11.7. The van der Waals surface area contributed by atoms with Crippen LogP contribution < -0.4 is 5.32 Å². The summed E-state index contributed by atoms with van der Waals surface area (Å²) in [6, 6.07) is -0.406. The van der Waals surface area contributed by atoms with E-state index in [9.17, 15) is 9.59 Å². The zero-order chi connectivity index (χ0) is 10.8. The fraction of sp³-hybridized carbons (Fsp3) is 0.818. The Morgan fingerprint density at radius 1 is 1.53 bits per heavy atom. The second kappa shape index (κ2) is 4.21. The molecule has 0 aromatic heterocycles. The Balaban J connectivity index is 1.99. The summed E-state index contributed by atoms with van der Waals surface area (Å²) in [7, 11) is 0. The third-order valence-corrected chi connectivity index (χ3v) is 3.42. The first kappa shape index (κ1) is 10.5. The van der Waals surface area contributed by atoms with Crippen molar-refractivity contribution >= 4 is 11.9 Å². The van der Waals surface area contributed by atoms with Gasteiger partial charge in [-0.3, -0.25) is 4.79 Å². The third-order valence-electron chi connectivity index (χ3n) is 3.42. The van der Waals surface area contributed by atoms with E-state index >= 15 is 0 Å². The zero-order valence-corrected chi connectivity index (χ0v) is 8.99. The van der Waals surface area contributed by atoms with E-state index in [1.165, 1.54) is 0 Å². The van der Waals surface area contributed by atoms with Gasteiger partial charge in [0.2, 0.25) is 5.91 Å². The van der Waals surface area contributed by atoms with Gasteiger partial charge in [0.15, 0.2) is 0 Å². The molecule has 1 aliphatic heterocycles. The van der Waals surface area contributed by atoms with E-state index in [1.807, 2.05) is 0 Å². The van der Waals surface area contributed by atoms with Crippen LogP contribution in [0, 0.1) is 11.8 Å². The molecule has 0 bridgehead atoms. The van der Waals surface area contributed by atoms with Crippen LogP contribution in [0.1, 0.15) is 32.6 Å². The summed E-state index contributed by atoms with van der Waals surface area (Å²) in [5, 5.41) is 2.76. The maximum Gasteiger partial charge on any atom is 0.328 e. The van der Waals surface area contributed by atoms with Crippen LogP contribution in [0.5, 0.6) is 0 Å². The molecule has 3 atom stereocenters. The largest absolute Gasteiger partial charge is 0.464 e. The molecule has 0 aromatic carbocycles. The normalized spacial score (nSPS) is 34.5. The molecule has 15 heavy (non-hydrogen) atoms. The summed E-state index contributed by atoms with van der Waals surface area (Å²) in [5.41, 5.74) is 0. The molecule has 0 aromatic rings. The van der Waals surface area contributed by atoms with Crippen LogP contribution in [0.15, 0.2) is 0 Å². The molecule has 0 radical (unpaired) electrons. The van der Waals surface area contributed by atoms with Crippen molar-refractivity contribution in [2.24, 2.45) is 11.8 Å². The van der Waals surface area contributed by atoms with Gasteiger partial charge in [0.1, 0.15) is 6.04 Å². The van der Waals surface area contributed by atoms with Crippen molar-refractivity contribution in [3.63, 3.8) is 0 Å². The lowest BCUT2D eigenvalue weighted by atomic mass is 9.85. The number of rotatable bonds is 2. The lowest BCUT2D eigenvalue weighted by Gasteiger charge is -2.30. The molecule has 0 unspecified atom stereocenters. The van der Waals surface area contributed by atoms with Crippen molar-refractivity contribution < 1.29 is 14.3 Å². The minimum absolute atomic E-state index is 0.0433. The Hall–Kier alpha value is -1.06. The summed E-state index contributed by atoms with van der Waals surface area (Å²) in [6.45, 7) is 2.15. The van der Waals surface area contributed by atoms with Crippen LogP contribution >= 0.6 is 0 Å². The monoisotopic (exact) mass is 211 g/mol. The Labute approximate surface area is 89.4 Å². The molecule has 84 valence electrons. The number of amides is 1. The molecule has 2 aliphatic rings. The number of carbonyl (C=O) groups excluding carboxylic acids is 2. The molecular formula is C11H17NO3. The topological polar surface area (TPSA) is 55.4 Å². The van der Waals surface area contributed by atoms with Gasteiger partial charge in [-0.1, -0.05) is 6.42 Å². The highest BCUT2D eigenvalue weighted by Crippen LogP contribution is 2.37. The number of ether oxygens (including phenoxy) is 1. The molecule has 1 heterocycles. The van der Waals surface area contributed by atoms with Crippen LogP contribution in [0.25, 0.3) is 0 Å². The molecule has 1 saturated heterocycles. The first-order valence-corrected chi connectivity index (χ1v) is 5.69. The number of hydrogen-bond donors (Lipinski definition) is 1. The van der Waals surface area contributed by atoms with Crippen molar-refractivity contribution in [2.75, 3.05) is 6.61 Å². The average molecular weight is 211 g/mol. The van der Waals surface area contributed by atoms with E-state index in [1.54, 1.807) is 6.92 Å². The SMILES string of the molecule is CCOC(=O)[C@@H]1C[C@@H]2CCC[C@@H]2C(=O)N1. The van der Waals surface area contributed by atoms with Crippen LogP contribution in [-0.2, 0) is 14.3 Å². The molecule has 4 nitrogen and oxygen atoms in total. The van der Waals surface area contributed by atoms with E-state index < -0.39 is 6.04 Å². The molecule has 1 aliphatic carbocycles. The highest BCUT2D eigenvalue weighted by atomic mass is 16.5.